The molecule has 7 heteroatoms. The number of aromatic nitrogens is 2. The highest BCUT2D eigenvalue weighted by molar-refractivity contribution is 7.98. The molecule has 0 saturated carbocycles. The number of carbonyl (C=O) groups excluding carboxylic acids is 1. The van der Waals surface area contributed by atoms with Crippen molar-refractivity contribution in [2.75, 3.05) is 25.2 Å². The third-order valence-electron chi connectivity index (χ3n) is 4.46. The smallest absolute Gasteiger partial charge is 0.258 e. The van der Waals surface area contributed by atoms with Crippen LogP contribution in [0.5, 0.6) is 0 Å². The van der Waals surface area contributed by atoms with Crippen molar-refractivity contribution in [3.63, 3.8) is 0 Å². The standard InChI is InChI=1S/C20H22N4O2S/c1-13(19-22-15-9-5-4-8-14(15)20(26)23-19)24(2)12-18(25)21-16-10-6-7-11-17(16)27-3/h4-11,13H,12H2,1-3H3,(H,21,25)(H,22,23,26)/t13-/m1/s1. The topological polar surface area (TPSA) is 78.1 Å². The highest BCUT2D eigenvalue weighted by Gasteiger charge is 2.18. The number of carbonyl (C=O) groups is 1. The number of nitrogens with zero attached hydrogens (tertiary/aromatic N) is 2. The van der Waals surface area contributed by atoms with Crippen LogP contribution in [0.3, 0.4) is 0 Å². The van der Waals surface area contributed by atoms with Crippen LogP contribution >= 0.6 is 11.8 Å². The largest absolute Gasteiger partial charge is 0.324 e. The van der Waals surface area contributed by atoms with E-state index in [4.69, 9.17) is 0 Å². The minimum atomic E-state index is -0.219. The van der Waals surface area contributed by atoms with Crippen molar-refractivity contribution in [1.82, 2.24) is 14.9 Å². The molecule has 6 nitrogen and oxygen atoms in total. The van der Waals surface area contributed by atoms with Gasteiger partial charge in [-0.25, -0.2) is 4.98 Å². The molecule has 1 heterocycles. The number of likely N-dealkylation sites (N-methyl/N-ethyl adjacent to an activating group) is 1. The Bertz CT molecular complexity index is 1020. The minimum absolute atomic E-state index is 0.117. The summed E-state index contributed by atoms with van der Waals surface area (Å²) in [6.45, 7) is 2.09. The summed E-state index contributed by atoms with van der Waals surface area (Å²) in [5.74, 6) is 0.424. The van der Waals surface area contributed by atoms with Gasteiger partial charge in [-0.1, -0.05) is 24.3 Å². The molecule has 2 N–H and O–H groups in total. The maximum absolute atomic E-state index is 12.5. The molecule has 0 aliphatic heterocycles. The van der Waals surface area contributed by atoms with Crippen LogP contribution in [0.1, 0.15) is 18.8 Å². The van der Waals surface area contributed by atoms with E-state index in [0.29, 0.717) is 16.7 Å². The first-order chi connectivity index (χ1) is 13.0. The van der Waals surface area contributed by atoms with Crippen molar-refractivity contribution in [3.05, 3.63) is 64.7 Å². The van der Waals surface area contributed by atoms with Gasteiger partial charge in [0.1, 0.15) is 5.82 Å². The summed E-state index contributed by atoms with van der Waals surface area (Å²) in [4.78, 5) is 35.0. The van der Waals surface area contributed by atoms with E-state index in [1.165, 1.54) is 0 Å². The van der Waals surface area contributed by atoms with Crippen LogP contribution in [0.4, 0.5) is 5.69 Å². The molecular weight excluding hydrogens is 360 g/mol. The van der Waals surface area contributed by atoms with Crippen molar-refractivity contribution >= 4 is 34.3 Å². The van der Waals surface area contributed by atoms with Crippen LogP contribution in [-0.4, -0.2) is 40.6 Å². The first-order valence-electron chi connectivity index (χ1n) is 8.61. The van der Waals surface area contributed by atoms with Gasteiger partial charge in [-0.2, -0.15) is 0 Å². The summed E-state index contributed by atoms with van der Waals surface area (Å²) in [5.41, 5.74) is 1.28. The summed E-state index contributed by atoms with van der Waals surface area (Å²) in [7, 11) is 1.83. The number of rotatable bonds is 6. The summed E-state index contributed by atoms with van der Waals surface area (Å²) < 4.78 is 0. The zero-order valence-electron chi connectivity index (χ0n) is 15.5. The number of benzene rings is 2. The molecular formula is C20H22N4O2S. The predicted molar refractivity (Wildman–Crippen MR) is 110 cm³/mol. The zero-order chi connectivity index (χ0) is 19.4. The lowest BCUT2D eigenvalue weighted by atomic mass is 10.2. The van der Waals surface area contributed by atoms with Crippen molar-refractivity contribution < 1.29 is 4.79 Å². The van der Waals surface area contributed by atoms with Crippen molar-refractivity contribution in [2.24, 2.45) is 0 Å². The lowest BCUT2D eigenvalue weighted by molar-refractivity contribution is -0.117. The third kappa shape index (κ3) is 4.37. The highest BCUT2D eigenvalue weighted by Crippen LogP contribution is 2.24. The van der Waals surface area contributed by atoms with Gasteiger partial charge >= 0.3 is 0 Å². The van der Waals surface area contributed by atoms with Gasteiger partial charge in [-0.05, 0) is 44.5 Å². The Morgan fingerprint density at radius 1 is 1.22 bits per heavy atom. The number of H-pyrrole nitrogens is 1. The van der Waals surface area contributed by atoms with E-state index < -0.39 is 0 Å². The Labute approximate surface area is 162 Å². The molecule has 0 fully saturated rings. The molecule has 1 aromatic heterocycles. The van der Waals surface area contributed by atoms with Crippen molar-refractivity contribution in [3.8, 4) is 0 Å². The monoisotopic (exact) mass is 382 g/mol. The Morgan fingerprint density at radius 2 is 1.93 bits per heavy atom. The van der Waals surface area contributed by atoms with E-state index in [1.54, 1.807) is 17.8 Å². The number of thioether (sulfide) groups is 1. The fourth-order valence-corrected chi connectivity index (χ4v) is 3.37. The molecule has 27 heavy (non-hydrogen) atoms. The predicted octanol–water partition coefficient (Wildman–Crippen LogP) is 3.28. The second-order valence-corrected chi connectivity index (χ2v) is 7.16. The lowest BCUT2D eigenvalue weighted by Gasteiger charge is -2.23. The fourth-order valence-electron chi connectivity index (χ4n) is 2.81. The minimum Gasteiger partial charge on any atom is -0.324 e. The molecule has 140 valence electrons. The van der Waals surface area contributed by atoms with E-state index in [0.717, 1.165) is 10.6 Å². The van der Waals surface area contributed by atoms with Gasteiger partial charge in [0.25, 0.3) is 5.56 Å². The first kappa shape index (κ1) is 19.1. The summed E-state index contributed by atoms with van der Waals surface area (Å²) >= 11 is 1.58. The van der Waals surface area contributed by atoms with Crippen molar-refractivity contribution in [2.45, 2.75) is 17.9 Å². The summed E-state index contributed by atoms with van der Waals surface area (Å²) in [6, 6.07) is 14.7. The van der Waals surface area contributed by atoms with Crippen LogP contribution in [0.2, 0.25) is 0 Å². The summed E-state index contributed by atoms with van der Waals surface area (Å²) in [5, 5.41) is 3.50. The van der Waals surface area contributed by atoms with E-state index in [2.05, 4.69) is 15.3 Å². The second kappa shape index (κ2) is 8.37. The van der Waals surface area contributed by atoms with Crippen LogP contribution in [0, 0.1) is 0 Å². The number of fused-ring (bicyclic) bond motifs is 1. The van der Waals surface area contributed by atoms with Gasteiger partial charge in [0.05, 0.1) is 29.2 Å². The third-order valence-corrected chi connectivity index (χ3v) is 5.26. The van der Waals surface area contributed by atoms with Crippen LogP contribution in [-0.2, 0) is 4.79 Å². The van der Waals surface area contributed by atoms with Gasteiger partial charge in [0, 0.05) is 4.90 Å². The highest BCUT2D eigenvalue weighted by atomic mass is 32.2. The quantitative estimate of drug-likeness (QED) is 0.640. The molecule has 0 aliphatic rings. The molecule has 1 amide bonds. The zero-order valence-corrected chi connectivity index (χ0v) is 16.3. The Hall–Kier alpha value is -2.64. The molecule has 1 atom stereocenters. The van der Waals surface area contributed by atoms with Crippen LogP contribution < -0.4 is 10.9 Å². The molecule has 0 spiro atoms. The molecule has 0 radical (unpaired) electrons. The fraction of sp³-hybridized carbons (Fsp3) is 0.250. The van der Waals surface area contributed by atoms with E-state index in [1.807, 2.05) is 67.6 Å². The normalized spacial score (nSPS) is 12.3. The maximum atomic E-state index is 12.5. The Kier molecular flexibility index (Phi) is 5.93. The molecule has 2 aromatic carbocycles. The Morgan fingerprint density at radius 3 is 2.70 bits per heavy atom. The SMILES string of the molecule is CSc1ccccc1NC(=O)CN(C)[C@H](C)c1nc2ccccc2c(=O)[nH]1. The first-order valence-corrected chi connectivity index (χ1v) is 9.84. The number of anilines is 1. The summed E-state index contributed by atoms with van der Waals surface area (Å²) in [6.07, 6.45) is 1.97. The average molecular weight is 382 g/mol. The van der Waals surface area contributed by atoms with E-state index >= 15 is 0 Å². The van der Waals surface area contributed by atoms with E-state index in [9.17, 15) is 9.59 Å². The van der Waals surface area contributed by atoms with Gasteiger partial charge < -0.3 is 10.3 Å². The van der Waals surface area contributed by atoms with Gasteiger partial charge in [0.2, 0.25) is 5.91 Å². The lowest BCUT2D eigenvalue weighted by Crippen LogP contribution is -2.33. The average Bonchev–Trinajstić information content (AvgIpc) is 2.67. The molecule has 3 rings (SSSR count). The second-order valence-electron chi connectivity index (χ2n) is 6.31. The Balaban J connectivity index is 1.73. The number of hydrogen-bond acceptors (Lipinski definition) is 5. The number of aromatic amines is 1. The van der Waals surface area contributed by atoms with E-state index in [-0.39, 0.29) is 24.1 Å². The molecule has 0 bridgehead atoms. The van der Waals surface area contributed by atoms with Gasteiger partial charge in [0.15, 0.2) is 0 Å². The number of amides is 1. The number of para-hydroxylation sites is 2. The van der Waals surface area contributed by atoms with Gasteiger partial charge in [-0.3, -0.25) is 14.5 Å². The number of hydrogen-bond donors (Lipinski definition) is 2. The molecule has 0 aliphatic carbocycles. The number of nitrogens with one attached hydrogen (secondary N) is 2. The van der Waals surface area contributed by atoms with Crippen molar-refractivity contribution in [1.29, 1.82) is 0 Å². The van der Waals surface area contributed by atoms with Gasteiger partial charge in [-0.15, -0.1) is 11.8 Å². The van der Waals surface area contributed by atoms with Crippen LogP contribution in [0.25, 0.3) is 10.9 Å². The molecule has 0 saturated heterocycles. The molecule has 0 unspecified atom stereocenters. The maximum Gasteiger partial charge on any atom is 0.258 e. The van der Waals surface area contributed by atoms with Crippen LogP contribution in [0.15, 0.2) is 58.2 Å². The molecule has 3 aromatic rings.